The van der Waals surface area contributed by atoms with Crippen molar-refractivity contribution >= 4 is 16.8 Å². The van der Waals surface area contributed by atoms with Crippen molar-refractivity contribution in [1.29, 1.82) is 0 Å². The van der Waals surface area contributed by atoms with Gasteiger partial charge in [-0.25, -0.2) is 0 Å². The number of H-pyrrole nitrogens is 1. The van der Waals surface area contributed by atoms with Gasteiger partial charge in [0.15, 0.2) is 0 Å². The molecule has 0 saturated heterocycles. The van der Waals surface area contributed by atoms with Crippen LogP contribution in [0.3, 0.4) is 0 Å². The largest absolute Gasteiger partial charge is 0.456 e. The van der Waals surface area contributed by atoms with Crippen molar-refractivity contribution in [1.82, 2.24) is 14.9 Å². The van der Waals surface area contributed by atoms with Crippen molar-refractivity contribution in [3.8, 4) is 11.5 Å². The van der Waals surface area contributed by atoms with E-state index in [0.29, 0.717) is 23.6 Å². The number of carbonyl (C=O) groups excluding carboxylic acids is 1. The molecule has 2 aromatic heterocycles. The van der Waals surface area contributed by atoms with Crippen LogP contribution < -0.4 is 4.74 Å². The highest BCUT2D eigenvalue weighted by molar-refractivity contribution is 5.96. The third-order valence-corrected chi connectivity index (χ3v) is 4.32. The second kappa shape index (κ2) is 7.33. The average molecular weight is 357 g/mol. The van der Waals surface area contributed by atoms with E-state index < -0.39 is 0 Å². The molecule has 0 unspecified atom stereocenters. The zero-order valence-electron chi connectivity index (χ0n) is 14.9. The first-order chi connectivity index (χ1) is 13.2. The Balaban J connectivity index is 1.55. The number of aromatic nitrogens is 2. The van der Waals surface area contributed by atoms with Crippen molar-refractivity contribution in [2.75, 3.05) is 7.05 Å². The molecule has 2 heterocycles. The van der Waals surface area contributed by atoms with Crippen LogP contribution in [0.15, 0.2) is 79.1 Å². The lowest BCUT2D eigenvalue weighted by Crippen LogP contribution is -2.26. The number of fused-ring (bicyclic) bond motifs is 1. The second-order valence-corrected chi connectivity index (χ2v) is 6.33. The highest BCUT2D eigenvalue weighted by Gasteiger charge is 2.18. The lowest BCUT2D eigenvalue weighted by molar-refractivity contribution is 0.0780. The summed E-state index contributed by atoms with van der Waals surface area (Å²) in [6, 6.07) is 21.2. The van der Waals surface area contributed by atoms with Crippen LogP contribution >= 0.6 is 0 Å². The standard InChI is InChI=1S/C22H19N3O2/c1-25(15-17-13-16-7-5-6-10-20(16)24-17)22(26)19-14-23-12-11-21(19)27-18-8-3-2-4-9-18/h2-14,24H,15H2,1H3. The average Bonchev–Trinajstić information content (AvgIpc) is 3.11. The fraction of sp³-hybridized carbons (Fsp3) is 0.0909. The topological polar surface area (TPSA) is 58.2 Å². The maximum absolute atomic E-state index is 13.0. The molecule has 4 rings (SSSR count). The monoisotopic (exact) mass is 357 g/mol. The Kier molecular flexibility index (Phi) is 4.58. The predicted molar refractivity (Wildman–Crippen MR) is 105 cm³/mol. The number of hydrogen-bond donors (Lipinski definition) is 1. The van der Waals surface area contributed by atoms with Crippen molar-refractivity contribution in [3.05, 3.63) is 90.4 Å². The number of aromatic amines is 1. The van der Waals surface area contributed by atoms with Crippen LogP contribution in [0.4, 0.5) is 0 Å². The lowest BCUT2D eigenvalue weighted by Gasteiger charge is -2.18. The molecular formula is C22H19N3O2. The zero-order valence-corrected chi connectivity index (χ0v) is 14.9. The van der Waals surface area contributed by atoms with Gasteiger partial charge in [0, 0.05) is 30.7 Å². The van der Waals surface area contributed by atoms with Crippen LogP contribution in [0.1, 0.15) is 16.1 Å². The molecule has 0 bridgehead atoms. The molecule has 5 nitrogen and oxygen atoms in total. The fourth-order valence-corrected chi connectivity index (χ4v) is 3.00. The molecule has 4 aromatic rings. The number of amides is 1. The van der Waals surface area contributed by atoms with E-state index >= 15 is 0 Å². The molecular weight excluding hydrogens is 338 g/mol. The van der Waals surface area contributed by atoms with E-state index in [4.69, 9.17) is 4.74 Å². The van der Waals surface area contributed by atoms with Crippen LogP contribution in [0, 0.1) is 0 Å². The Labute approximate surface area is 157 Å². The van der Waals surface area contributed by atoms with Gasteiger partial charge in [0.25, 0.3) is 5.91 Å². The SMILES string of the molecule is CN(Cc1cc2ccccc2[nH]1)C(=O)c1cnccc1Oc1ccccc1. The van der Waals surface area contributed by atoms with Crippen molar-refractivity contribution < 1.29 is 9.53 Å². The zero-order chi connectivity index (χ0) is 18.6. The molecule has 0 aliphatic rings. The van der Waals surface area contributed by atoms with Crippen LogP contribution in [0.2, 0.25) is 0 Å². The highest BCUT2D eigenvalue weighted by Crippen LogP contribution is 2.25. The van der Waals surface area contributed by atoms with E-state index in [1.807, 2.05) is 54.6 Å². The van der Waals surface area contributed by atoms with Gasteiger partial charge in [0.05, 0.1) is 6.54 Å². The van der Waals surface area contributed by atoms with Crippen LogP contribution in [0.25, 0.3) is 10.9 Å². The molecule has 0 atom stereocenters. The number of pyridine rings is 1. The highest BCUT2D eigenvalue weighted by atomic mass is 16.5. The quantitative estimate of drug-likeness (QED) is 0.567. The van der Waals surface area contributed by atoms with E-state index in [2.05, 4.69) is 16.0 Å². The normalized spacial score (nSPS) is 10.7. The molecule has 2 aromatic carbocycles. The summed E-state index contributed by atoms with van der Waals surface area (Å²) in [5.41, 5.74) is 2.46. The Bertz CT molecular complexity index is 1040. The third kappa shape index (κ3) is 3.67. The van der Waals surface area contributed by atoms with E-state index in [1.54, 1.807) is 30.4 Å². The summed E-state index contributed by atoms with van der Waals surface area (Å²) in [7, 11) is 1.77. The third-order valence-electron chi connectivity index (χ3n) is 4.32. The summed E-state index contributed by atoms with van der Waals surface area (Å²) in [5, 5.41) is 1.13. The summed E-state index contributed by atoms with van der Waals surface area (Å²) in [5.74, 6) is 1.02. The van der Waals surface area contributed by atoms with Gasteiger partial charge in [0.1, 0.15) is 17.1 Å². The van der Waals surface area contributed by atoms with Crippen LogP contribution in [-0.2, 0) is 6.54 Å². The number of nitrogens with one attached hydrogen (secondary N) is 1. The van der Waals surface area contributed by atoms with E-state index in [1.165, 1.54) is 0 Å². The Morgan fingerprint density at radius 2 is 1.85 bits per heavy atom. The van der Waals surface area contributed by atoms with Crippen molar-refractivity contribution in [3.63, 3.8) is 0 Å². The van der Waals surface area contributed by atoms with Crippen LogP contribution in [-0.4, -0.2) is 27.8 Å². The number of ether oxygens (including phenoxy) is 1. The molecule has 0 saturated carbocycles. The number of para-hydroxylation sites is 2. The van der Waals surface area contributed by atoms with E-state index in [9.17, 15) is 4.79 Å². The molecule has 0 fully saturated rings. The first-order valence-electron chi connectivity index (χ1n) is 8.70. The maximum Gasteiger partial charge on any atom is 0.259 e. The van der Waals surface area contributed by atoms with Gasteiger partial charge >= 0.3 is 0 Å². The van der Waals surface area contributed by atoms with Gasteiger partial charge in [0.2, 0.25) is 0 Å². The minimum Gasteiger partial charge on any atom is -0.456 e. The summed E-state index contributed by atoms with van der Waals surface area (Å²) < 4.78 is 5.88. The molecule has 0 radical (unpaired) electrons. The summed E-state index contributed by atoms with van der Waals surface area (Å²) in [4.78, 5) is 22.1. The minimum absolute atomic E-state index is 0.146. The van der Waals surface area contributed by atoms with Crippen molar-refractivity contribution in [2.24, 2.45) is 0 Å². The number of rotatable bonds is 5. The first-order valence-corrected chi connectivity index (χ1v) is 8.70. The van der Waals surface area contributed by atoms with Gasteiger partial charge in [-0.15, -0.1) is 0 Å². The fourth-order valence-electron chi connectivity index (χ4n) is 3.00. The molecule has 1 amide bonds. The summed E-state index contributed by atoms with van der Waals surface area (Å²) >= 11 is 0. The predicted octanol–water partition coefficient (Wildman–Crippen LogP) is 4.63. The Morgan fingerprint density at radius 1 is 1.07 bits per heavy atom. The smallest absolute Gasteiger partial charge is 0.259 e. The Morgan fingerprint density at radius 3 is 2.67 bits per heavy atom. The molecule has 0 spiro atoms. The van der Waals surface area contributed by atoms with Gasteiger partial charge < -0.3 is 14.6 Å². The molecule has 5 heteroatoms. The Hall–Kier alpha value is -3.60. The van der Waals surface area contributed by atoms with Gasteiger partial charge in [-0.2, -0.15) is 0 Å². The molecule has 0 aliphatic carbocycles. The minimum atomic E-state index is -0.146. The summed E-state index contributed by atoms with van der Waals surface area (Å²) in [6.07, 6.45) is 3.16. The number of nitrogens with zero attached hydrogens (tertiary/aromatic N) is 2. The van der Waals surface area contributed by atoms with E-state index in [-0.39, 0.29) is 5.91 Å². The van der Waals surface area contributed by atoms with E-state index in [0.717, 1.165) is 16.6 Å². The molecule has 1 N–H and O–H groups in total. The molecule has 0 aliphatic heterocycles. The first kappa shape index (κ1) is 16.8. The van der Waals surface area contributed by atoms with Gasteiger partial charge in [-0.1, -0.05) is 36.4 Å². The van der Waals surface area contributed by atoms with Gasteiger partial charge in [-0.3, -0.25) is 9.78 Å². The van der Waals surface area contributed by atoms with Crippen molar-refractivity contribution in [2.45, 2.75) is 6.54 Å². The number of benzene rings is 2. The number of carbonyl (C=O) groups is 1. The lowest BCUT2D eigenvalue weighted by atomic mass is 10.2. The summed E-state index contributed by atoms with van der Waals surface area (Å²) in [6.45, 7) is 0.465. The molecule has 27 heavy (non-hydrogen) atoms. The maximum atomic E-state index is 13.0. The molecule has 134 valence electrons. The van der Waals surface area contributed by atoms with Gasteiger partial charge in [-0.05, 0) is 35.7 Å². The second-order valence-electron chi connectivity index (χ2n) is 6.33. The number of hydrogen-bond acceptors (Lipinski definition) is 3. The van der Waals surface area contributed by atoms with Crippen LogP contribution in [0.5, 0.6) is 11.5 Å².